The summed E-state index contributed by atoms with van der Waals surface area (Å²) < 4.78 is 24.3. The van der Waals surface area contributed by atoms with E-state index in [1.807, 2.05) is 43.3 Å². The molecule has 0 saturated heterocycles. The van der Waals surface area contributed by atoms with E-state index in [4.69, 9.17) is 0 Å². The van der Waals surface area contributed by atoms with Gasteiger partial charge in [0.05, 0.1) is 11.0 Å². The maximum absolute atomic E-state index is 12.1. The van der Waals surface area contributed by atoms with Gasteiger partial charge in [0.2, 0.25) is 5.91 Å². The molecule has 1 aliphatic rings. The zero-order chi connectivity index (χ0) is 16.9. The standard InChI is InChI=1S/C17H26N2O3S/c1-19(2)15-7-5-6-14(12-15)13-18-17(20)10-11-23(21,22)16-8-3-4-9-16/h5-7,12,16H,3-4,8-11,13H2,1-2H3,(H,18,20). The van der Waals surface area contributed by atoms with Crippen molar-refractivity contribution in [1.29, 1.82) is 0 Å². The molecule has 0 radical (unpaired) electrons. The summed E-state index contributed by atoms with van der Waals surface area (Å²) in [6.07, 6.45) is 3.52. The van der Waals surface area contributed by atoms with Gasteiger partial charge < -0.3 is 10.2 Å². The van der Waals surface area contributed by atoms with Gasteiger partial charge in [0.25, 0.3) is 0 Å². The Bertz CT molecular complexity index is 635. The van der Waals surface area contributed by atoms with Crippen molar-refractivity contribution in [2.24, 2.45) is 0 Å². The zero-order valence-corrected chi connectivity index (χ0v) is 14.7. The van der Waals surface area contributed by atoms with Gasteiger partial charge >= 0.3 is 0 Å². The smallest absolute Gasteiger partial charge is 0.221 e. The van der Waals surface area contributed by atoms with Crippen molar-refractivity contribution in [3.63, 3.8) is 0 Å². The summed E-state index contributed by atoms with van der Waals surface area (Å²) in [5.74, 6) is -0.247. The molecule has 0 bridgehead atoms. The monoisotopic (exact) mass is 338 g/mol. The van der Waals surface area contributed by atoms with Crippen LogP contribution < -0.4 is 10.2 Å². The van der Waals surface area contributed by atoms with Gasteiger partial charge in [-0.3, -0.25) is 4.79 Å². The molecular weight excluding hydrogens is 312 g/mol. The van der Waals surface area contributed by atoms with Crippen LogP contribution in [0.25, 0.3) is 0 Å². The maximum Gasteiger partial charge on any atom is 0.221 e. The molecule has 0 heterocycles. The molecule has 0 aliphatic heterocycles. The van der Waals surface area contributed by atoms with Gasteiger partial charge in [-0.25, -0.2) is 8.42 Å². The van der Waals surface area contributed by atoms with Crippen molar-refractivity contribution in [2.45, 2.75) is 43.9 Å². The number of carbonyl (C=O) groups excluding carboxylic acids is 1. The highest BCUT2D eigenvalue weighted by atomic mass is 32.2. The fourth-order valence-electron chi connectivity index (χ4n) is 2.88. The van der Waals surface area contributed by atoms with Gasteiger partial charge in [0.1, 0.15) is 0 Å². The summed E-state index contributed by atoms with van der Waals surface area (Å²) in [6, 6.07) is 7.90. The van der Waals surface area contributed by atoms with Crippen LogP contribution in [0.1, 0.15) is 37.7 Å². The first kappa shape index (κ1) is 17.8. The number of anilines is 1. The number of sulfone groups is 1. The van der Waals surface area contributed by atoms with E-state index in [1.54, 1.807) is 0 Å². The second-order valence-electron chi connectivity index (χ2n) is 6.36. The van der Waals surface area contributed by atoms with Crippen LogP contribution in [0.2, 0.25) is 0 Å². The molecule has 1 aliphatic carbocycles. The van der Waals surface area contributed by atoms with Gasteiger partial charge in [-0.15, -0.1) is 0 Å². The number of carbonyl (C=O) groups is 1. The molecule has 5 nitrogen and oxygen atoms in total. The molecule has 1 fully saturated rings. The van der Waals surface area contributed by atoms with Crippen LogP contribution in [0, 0.1) is 0 Å². The van der Waals surface area contributed by atoms with E-state index in [9.17, 15) is 13.2 Å². The summed E-state index contributed by atoms with van der Waals surface area (Å²) in [7, 11) is 0.804. The number of amides is 1. The lowest BCUT2D eigenvalue weighted by molar-refractivity contribution is -0.120. The third-order valence-electron chi connectivity index (χ3n) is 4.34. The van der Waals surface area contributed by atoms with Crippen LogP contribution >= 0.6 is 0 Å². The third-order valence-corrected chi connectivity index (χ3v) is 6.60. The lowest BCUT2D eigenvalue weighted by atomic mass is 10.2. The van der Waals surface area contributed by atoms with Crippen molar-refractivity contribution in [3.8, 4) is 0 Å². The Kier molecular flexibility index (Phi) is 6.04. The van der Waals surface area contributed by atoms with Crippen LogP contribution in [0.5, 0.6) is 0 Å². The Balaban J connectivity index is 1.80. The van der Waals surface area contributed by atoms with Gasteiger partial charge in [-0.2, -0.15) is 0 Å². The largest absolute Gasteiger partial charge is 0.378 e. The fourth-order valence-corrected chi connectivity index (χ4v) is 4.74. The molecule has 0 atom stereocenters. The van der Waals surface area contributed by atoms with E-state index in [0.29, 0.717) is 6.54 Å². The highest BCUT2D eigenvalue weighted by Crippen LogP contribution is 2.25. The van der Waals surface area contributed by atoms with Crippen molar-refractivity contribution < 1.29 is 13.2 Å². The summed E-state index contributed by atoms with van der Waals surface area (Å²) in [6.45, 7) is 0.421. The Morgan fingerprint density at radius 2 is 1.96 bits per heavy atom. The second-order valence-corrected chi connectivity index (χ2v) is 8.77. The summed E-state index contributed by atoms with van der Waals surface area (Å²) in [5.41, 5.74) is 2.07. The number of rotatable bonds is 7. The molecule has 23 heavy (non-hydrogen) atoms. The van der Waals surface area contributed by atoms with E-state index in [2.05, 4.69) is 5.32 Å². The van der Waals surface area contributed by atoms with Crippen molar-refractivity contribution in [3.05, 3.63) is 29.8 Å². The predicted octanol–water partition coefficient (Wildman–Crippen LogP) is 2.12. The van der Waals surface area contributed by atoms with E-state index in [-0.39, 0.29) is 23.3 Å². The SMILES string of the molecule is CN(C)c1cccc(CNC(=O)CCS(=O)(=O)C2CCCC2)c1. The van der Waals surface area contributed by atoms with E-state index in [1.165, 1.54) is 0 Å². The molecule has 1 amide bonds. The molecule has 0 spiro atoms. The summed E-state index contributed by atoms with van der Waals surface area (Å²) in [4.78, 5) is 13.9. The van der Waals surface area contributed by atoms with Crippen molar-refractivity contribution >= 4 is 21.4 Å². The molecule has 1 N–H and O–H groups in total. The summed E-state index contributed by atoms with van der Waals surface area (Å²) >= 11 is 0. The molecule has 1 aromatic rings. The van der Waals surface area contributed by atoms with Gasteiger partial charge in [-0.05, 0) is 30.5 Å². The Labute approximate surface area is 139 Å². The van der Waals surface area contributed by atoms with E-state index < -0.39 is 9.84 Å². The number of hydrogen-bond acceptors (Lipinski definition) is 4. The number of nitrogens with one attached hydrogen (secondary N) is 1. The minimum atomic E-state index is -3.12. The molecule has 0 aromatic heterocycles. The average molecular weight is 338 g/mol. The first-order valence-corrected chi connectivity index (χ1v) is 9.84. The topological polar surface area (TPSA) is 66.5 Å². The van der Waals surface area contributed by atoms with Gasteiger partial charge in [-0.1, -0.05) is 25.0 Å². The maximum atomic E-state index is 12.1. The highest BCUT2D eigenvalue weighted by molar-refractivity contribution is 7.92. The first-order valence-electron chi connectivity index (χ1n) is 8.13. The minimum Gasteiger partial charge on any atom is -0.378 e. The molecule has 1 aromatic carbocycles. The average Bonchev–Trinajstić information content (AvgIpc) is 3.06. The second kappa shape index (κ2) is 7.81. The van der Waals surface area contributed by atoms with Crippen molar-refractivity contribution in [1.82, 2.24) is 5.32 Å². The quantitative estimate of drug-likeness (QED) is 0.827. The number of hydrogen-bond donors (Lipinski definition) is 1. The van der Waals surface area contributed by atoms with E-state index in [0.717, 1.165) is 36.9 Å². The Morgan fingerprint density at radius 3 is 2.61 bits per heavy atom. The van der Waals surface area contributed by atoms with Crippen LogP contribution in [0.15, 0.2) is 24.3 Å². The molecule has 1 saturated carbocycles. The third kappa shape index (κ3) is 5.23. The first-order chi connectivity index (χ1) is 10.9. The van der Waals surface area contributed by atoms with Crippen LogP contribution in [-0.2, 0) is 21.2 Å². The van der Waals surface area contributed by atoms with Crippen molar-refractivity contribution in [2.75, 3.05) is 24.7 Å². The molecule has 0 unspecified atom stereocenters. The van der Waals surface area contributed by atoms with Gasteiger partial charge in [0.15, 0.2) is 9.84 Å². The normalized spacial score (nSPS) is 15.6. The lowest BCUT2D eigenvalue weighted by Crippen LogP contribution is -2.28. The van der Waals surface area contributed by atoms with E-state index >= 15 is 0 Å². The van der Waals surface area contributed by atoms with Crippen LogP contribution in [-0.4, -0.2) is 39.4 Å². The Hall–Kier alpha value is -1.56. The number of benzene rings is 1. The Morgan fingerprint density at radius 1 is 1.26 bits per heavy atom. The van der Waals surface area contributed by atoms with Crippen LogP contribution in [0.3, 0.4) is 0 Å². The molecule has 6 heteroatoms. The van der Waals surface area contributed by atoms with Gasteiger partial charge in [0, 0.05) is 32.7 Å². The highest BCUT2D eigenvalue weighted by Gasteiger charge is 2.28. The molecule has 128 valence electrons. The number of nitrogens with zero attached hydrogens (tertiary/aromatic N) is 1. The molecule has 2 rings (SSSR count). The van der Waals surface area contributed by atoms with Crippen LogP contribution in [0.4, 0.5) is 5.69 Å². The minimum absolute atomic E-state index is 0.0404. The summed E-state index contributed by atoms with van der Waals surface area (Å²) in [5, 5.41) is 2.58. The fraction of sp³-hybridized carbons (Fsp3) is 0.588. The molecular formula is C17H26N2O3S. The predicted molar refractivity (Wildman–Crippen MR) is 93.3 cm³/mol. The lowest BCUT2D eigenvalue weighted by Gasteiger charge is -2.14. The zero-order valence-electron chi connectivity index (χ0n) is 13.9.